The molecule has 37 heavy (non-hydrogen) atoms. The predicted octanol–water partition coefficient (Wildman–Crippen LogP) is 3.46. The van der Waals surface area contributed by atoms with Gasteiger partial charge in [-0.2, -0.15) is 0 Å². The van der Waals surface area contributed by atoms with Crippen LogP contribution in [-0.4, -0.2) is 81.3 Å². The van der Waals surface area contributed by atoms with Crippen LogP contribution in [0.25, 0.3) is 0 Å². The van der Waals surface area contributed by atoms with Crippen LogP contribution in [0.1, 0.15) is 77.0 Å². The van der Waals surface area contributed by atoms with Gasteiger partial charge in [-0.15, -0.1) is 0 Å². The number of hydrogen-bond acceptors (Lipinski definition) is 6. The van der Waals surface area contributed by atoms with Crippen molar-refractivity contribution in [2.24, 2.45) is 23.7 Å². The first-order valence-corrected chi connectivity index (χ1v) is 15.6. The van der Waals surface area contributed by atoms with Gasteiger partial charge in [0.1, 0.15) is 6.04 Å². The van der Waals surface area contributed by atoms with E-state index in [-0.39, 0.29) is 18.1 Å². The Morgan fingerprint density at radius 1 is 0.865 bits per heavy atom. The number of hydrazine groups is 1. The van der Waals surface area contributed by atoms with Gasteiger partial charge in [0.25, 0.3) is 5.66 Å². The molecular weight excluding hydrogens is 493 g/mol. The van der Waals surface area contributed by atoms with E-state index in [4.69, 9.17) is 0 Å². The molecule has 0 radical (unpaired) electrons. The van der Waals surface area contributed by atoms with Crippen LogP contribution < -0.4 is 10.7 Å². The van der Waals surface area contributed by atoms with E-state index in [1.807, 2.05) is 0 Å². The largest absolute Gasteiger partial charge is 0.391 e. The lowest BCUT2D eigenvalue weighted by atomic mass is 9.68. The fourth-order valence-corrected chi connectivity index (χ4v) is 9.31. The van der Waals surface area contributed by atoms with Gasteiger partial charge >= 0.3 is 0 Å². The van der Waals surface area contributed by atoms with Gasteiger partial charge in [0.2, 0.25) is 0 Å². The van der Waals surface area contributed by atoms with Crippen LogP contribution in [0.5, 0.6) is 0 Å². The average Bonchev–Trinajstić information content (AvgIpc) is 3.04. The second kappa shape index (κ2) is 10.6. The Morgan fingerprint density at radius 3 is 2.32 bits per heavy atom. The molecular formula is C28H47F2N4O2P. The van der Waals surface area contributed by atoms with Gasteiger partial charge in [0.05, 0.1) is 18.2 Å². The van der Waals surface area contributed by atoms with Gasteiger partial charge in [-0.1, -0.05) is 47.9 Å². The Morgan fingerprint density at radius 2 is 1.65 bits per heavy atom. The maximum atomic E-state index is 13.9. The summed E-state index contributed by atoms with van der Waals surface area (Å²) in [5, 5.41) is 27.2. The van der Waals surface area contributed by atoms with Crippen molar-refractivity contribution in [3.8, 4) is 0 Å². The summed E-state index contributed by atoms with van der Waals surface area (Å²) < 4.78 is 27.8. The first-order valence-electron chi connectivity index (χ1n) is 15.0. The lowest BCUT2D eigenvalue weighted by molar-refractivity contribution is -0.0556. The molecule has 3 saturated carbocycles. The molecule has 0 bridgehead atoms. The monoisotopic (exact) mass is 540 g/mol. The fraction of sp³-hybridized carbons (Fsp3) is 0.929. The lowest BCUT2D eigenvalue weighted by Gasteiger charge is -2.50. The molecule has 11 atom stereocenters. The molecule has 0 spiro atoms. The second-order valence-corrected chi connectivity index (χ2v) is 13.8. The number of halogens is 2. The van der Waals surface area contributed by atoms with Crippen LogP contribution in [0, 0.1) is 23.7 Å². The summed E-state index contributed by atoms with van der Waals surface area (Å²) >= 11 is 0. The third kappa shape index (κ3) is 5.02. The molecule has 0 aromatic carbocycles. The first-order chi connectivity index (χ1) is 17.7. The van der Waals surface area contributed by atoms with E-state index in [0.29, 0.717) is 42.9 Å². The molecule has 9 heteroatoms. The van der Waals surface area contributed by atoms with Crippen LogP contribution in [0.4, 0.5) is 8.78 Å². The summed E-state index contributed by atoms with van der Waals surface area (Å²) in [5.74, 6) is 2.00. The SMILES string of the molecule is C=C(C1CNC(C(F)(F)P)C(O)C1)N1CCC2C3C(CCCC[C@@H]31)NN2C1CCC(C2CCC2)CC1O. The molecule has 6 rings (SSSR count). The zero-order valence-corrected chi connectivity index (χ0v) is 23.2. The highest BCUT2D eigenvalue weighted by atomic mass is 31.0. The quantitative estimate of drug-likeness (QED) is 0.401. The highest BCUT2D eigenvalue weighted by molar-refractivity contribution is 7.18. The fourth-order valence-electron chi connectivity index (χ4n) is 8.97. The zero-order valence-electron chi connectivity index (χ0n) is 22.1. The number of alkyl halides is 2. The molecule has 3 aliphatic carbocycles. The highest BCUT2D eigenvalue weighted by Crippen LogP contribution is 2.47. The minimum atomic E-state index is -3.03. The van der Waals surface area contributed by atoms with Crippen LogP contribution in [0.2, 0.25) is 0 Å². The summed E-state index contributed by atoms with van der Waals surface area (Å²) in [6.45, 7) is 5.81. The van der Waals surface area contributed by atoms with E-state index < -0.39 is 17.8 Å². The maximum Gasteiger partial charge on any atom is 0.276 e. The molecule has 3 saturated heterocycles. The molecule has 0 aromatic rings. The minimum Gasteiger partial charge on any atom is -0.391 e. The standard InChI is InChI=1S/C28H47F2N4O2P/c1-16(19-14-25(36)27(31-15-19)28(29,30)37)33-12-11-23-26-20(7-2-3-8-22(26)33)32-34(23)21-10-9-18(13-24(21)35)17-5-4-6-17/h17-27,31-32,35-36H,1-15,37H2/t18?,19?,20?,21?,22-,23?,24?,25?,26?,27?/m0/s1. The maximum absolute atomic E-state index is 13.9. The molecule has 210 valence electrons. The minimum absolute atomic E-state index is 0.0362. The van der Waals surface area contributed by atoms with Gasteiger partial charge in [-0.05, 0) is 56.8 Å². The van der Waals surface area contributed by atoms with E-state index in [2.05, 4.69) is 27.2 Å². The normalized spacial score (nSPS) is 45.7. The Kier molecular flexibility index (Phi) is 7.65. The number of aliphatic hydroxyl groups is 2. The zero-order chi connectivity index (χ0) is 25.9. The highest BCUT2D eigenvalue weighted by Gasteiger charge is 2.54. The van der Waals surface area contributed by atoms with Gasteiger partial charge in [-0.3, -0.25) is 5.43 Å². The molecule has 6 fully saturated rings. The van der Waals surface area contributed by atoms with Crippen molar-refractivity contribution in [1.82, 2.24) is 20.7 Å². The smallest absolute Gasteiger partial charge is 0.276 e. The summed E-state index contributed by atoms with van der Waals surface area (Å²) in [7, 11) is 1.57. The van der Waals surface area contributed by atoms with E-state index in [1.54, 1.807) is 9.24 Å². The Balaban J connectivity index is 1.14. The van der Waals surface area contributed by atoms with E-state index in [9.17, 15) is 19.0 Å². The van der Waals surface area contributed by atoms with Crippen molar-refractivity contribution >= 4 is 9.24 Å². The van der Waals surface area contributed by atoms with Crippen molar-refractivity contribution < 1.29 is 19.0 Å². The third-order valence-corrected chi connectivity index (χ3v) is 11.5. The van der Waals surface area contributed by atoms with Crippen LogP contribution in [-0.2, 0) is 0 Å². The summed E-state index contributed by atoms with van der Waals surface area (Å²) in [6.07, 6.45) is 12.0. The molecule has 0 amide bonds. The van der Waals surface area contributed by atoms with Gasteiger partial charge in [0.15, 0.2) is 0 Å². The molecule has 6 aliphatic rings. The number of aliphatic hydroxyl groups excluding tert-OH is 2. The summed E-state index contributed by atoms with van der Waals surface area (Å²) in [6, 6.07) is 0.185. The van der Waals surface area contributed by atoms with E-state index >= 15 is 0 Å². The van der Waals surface area contributed by atoms with E-state index in [0.717, 1.165) is 50.3 Å². The molecule has 3 aliphatic heterocycles. The van der Waals surface area contributed by atoms with Gasteiger partial charge in [-0.25, -0.2) is 13.8 Å². The van der Waals surface area contributed by atoms with Crippen molar-refractivity contribution in [1.29, 1.82) is 0 Å². The molecule has 0 aromatic heterocycles. The van der Waals surface area contributed by atoms with E-state index in [1.165, 1.54) is 38.5 Å². The van der Waals surface area contributed by atoms with Gasteiger partial charge < -0.3 is 20.4 Å². The molecule has 3 heterocycles. The van der Waals surface area contributed by atoms with Crippen LogP contribution in [0.15, 0.2) is 12.3 Å². The van der Waals surface area contributed by atoms with Crippen molar-refractivity contribution in [3.63, 3.8) is 0 Å². The number of nitrogens with one attached hydrogen (secondary N) is 2. The molecule has 4 N–H and O–H groups in total. The Hall–Kier alpha value is -0.370. The van der Waals surface area contributed by atoms with Gasteiger partial charge in [0, 0.05) is 48.7 Å². The molecule has 6 nitrogen and oxygen atoms in total. The number of hydrogen-bond donors (Lipinski definition) is 4. The average molecular weight is 541 g/mol. The topological polar surface area (TPSA) is 71.0 Å². The van der Waals surface area contributed by atoms with Crippen LogP contribution >= 0.6 is 9.24 Å². The van der Waals surface area contributed by atoms with Crippen LogP contribution in [0.3, 0.4) is 0 Å². The number of likely N-dealkylation sites (tertiary alicyclic amines) is 1. The number of rotatable bonds is 5. The molecule has 10 unspecified atom stereocenters. The summed E-state index contributed by atoms with van der Waals surface area (Å²) in [5.41, 5.74) is 1.90. The van der Waals surface area contributed by atoms with Crippen molar-refractivity contribution in [2.75, 3.05) is 13.1 Å². The van der Waals surface area contributed by atoms with Crippen molar-refractivity contribution in [2.45, 2.75) is 125 Å². The Bertz CT molecular complexity index is 841. The Labute approximate surface area is 223 Å². The number of nitrogens with zero attached hydrogens (tertiary/aromatic N) is 2. The van der Waals surface area contributed by atoms with Crippen molar-refractivity contribution in [3.05, 3.63) is 12.3 Å². The first kappa shape index (κ1) is 26.8. The summed E-state index contributed by atoms with van der Waals surface area (Å²) in [4.78, 5) is 2.48. The predicted molar refractivity (Wildman–Crippen MR) is 144 cm³/mol. The second-order valence-electron chi connectivity index (χ2n) is 13.1. The number of piperidine rings is 2. The lowest BCUT2D eigenvalue weighted by Crippen LogP contribution is -2.59. The third-order valence-electron chi connectivity index (χ3n) is 11.1.